The standard InChI is InChI=1S/C16H11F3N4O2S/c1-25-15-12(19)5-9(6-20-15)22-23-14(24)13-7-21-16(26-13)8-2-3-10(17)11(18)4-8/h2-7,22H,1H3,(H,23,24). The number of hydrogen-bond acceptors (Lipinski definition) is 6. The first-order valence-corrected chi connectivity index (χ1v) is 7.96. The third kappa shape index (κ3) is 3.75. The fourth-order valence-corrected chi connectivity index (χ4v) is 2.78. The third-order valence-electron chi connectivity index (χ3n) is 3.22. The van der Waals surface area contributed by atoms with Gasteiger partial charge in [-0.2, -0.15) is 0 Å². The molecule has 1 amide bonds. The zero-order valence-electron chi connectivity index (χ0n) is 13.2. The number of hydrogen-bond donors (Lipinski definition) is 2. The van der Waals surface area contributed by atoms with Gasteiger partial charge in [0.25, 0.3) is 5.91 Å². The number of anilines is 1. The normalized spacial score (nSPS) is 10.5. The summed E-state index contributed by atoms with van der Waals surface area (Å²) in [6, 6.07) is 4.45. The molecule has 0 saturated heterocycles. The lowest BCUT2D eigenvalue weighted by molar-refractivity contribution is 0.0966. The minimum Gasteiger partial charge on any atom is -0.479 e. The van der Waals surface area contributed by atoms with Crippen LogP contribution in [0.15, 0.2) is 36.7 Å². The molecule has 10 heteroatoms. The number of halogens is 3. The second kappa shape index (κ2) is 7.40. The molecule has 0 atom stereocenters. The molecule has 0 fully saturated rings. The van der Waals surface area contributed by atoms with Crippen LogP contribution in [0.5, 0.6) is 5.88 Å². The van der Waals surface area contributed by atoms with Gasteiger partial charge in [-0.05, 0) is 18.2 Å². The molecule has 26 heavy (non-hydrogen) atoms. The molecule has 0 saturated carbocycles. The number of nitrogens with zero attached hydrogens (tertiary/aromatic N) is 2. The fraction of sp³-hybridized carbons (Fsp3) is 0.0625. The Hall–Kier alpha value is -3.14. The van der Waals surface area contributed by atoms with Crippen LogP contribution in [0.3, 0.4) is 0 Å². The van der Waals surface area contributed by atoms with Gasteiger partial charge in [0.2, 0.25) is 5.88 Å². The molecule has 2 aromatic heterocycles. The van der Waals surface area contributed by atoms with Gasteiger partial charge in [0, 0.05) is 11.6 Å². The van der Waals surface area contributed by atoms with E-state index in [1.807, 2.05) is 0 Å². The molecule has 0 radical (unpaired) electrons. The molecular weight excluding hydrogens is 369 g/mol. The number of methoxy groups -OCH3 is 1. The highest BCUT2D eigenvalue weighted by Gasteiger charge is 2.13. The maximum Gasteiger partial charge on any atom is 0.281 e. The lowest BCUT2D eigenvalue weighted by Crippen LogP contribution is -2.28. The first kappa shape index (κ1) is 17.7. The van der Waals surface area contributed by atoms with Gasteiger partial charge in [-0.1, -0.05) is 0 Å². The summed E-state index contributed by atoms with van der Waals surface area (Å²) in [6.07, 6.45) is 2.58. The lowest BCUT2D eigenvalue weighted by atomic mass is 10.2. The third-order valence-corrected chi connectivity index (χ3v) is 4.26. The Bertz CT molecular complexity index is 964. The van der Waals surface area contributed by atoms with Crippen LogP contribution < -0.4 is 15.6 Å². The summed E-state index contributed by atoms with van der Waals surface area (Å²) < 4.78 is 44.5. The molecule has 0 bridgehead atoms. The molecule has 2 N–H and O–H groups in total. The minimum absolute atomic E-state index is 0.166. The van der Waals surface area contributed by atoms with Crippen LogP contribution in [0.25, 0.3) is 10.6 Å². The number of aromatic nitrogens is 2. The highest BCUT2D eigenvalue weighted by molar-refractivity contribution is 7.16. The highest BCUT2D eigenvalue weighted by atomic mass is 32.1. The summed E-state index contributed by atoms with van der Waals surface area (Å²) in [5.74, 6) is -3.36. The monoisotopic (exact) mass is 380 g/mol. The molecule has 0 unspecified atom stereocenters. The zero-order chi connectivity index (χ0) is 18.7. The maximum atomic E-state index is 13.5. The average Bonchev–Trinajstić information content (AvgIpc) is 3.12. The average molecular weight is 380 g/mol. The van der Waals surface area contributed by atoms with Crippen LogP contribution in [0.2, 0.25) is 0 Å². The van der Waals surface area contributed by atoms with Crippen molar-refractivity contribution >= 4 is 22.9 Å². The first-order chi connectivity index (χ1) is 12.5. The van der Waals surface area contributed by atoms with Crippen molar-refractivity contribution in [2.45, 2.75) is 0 Å². The molecule has 0 aliphatic carbocycles. The summed E-state index contributed by atoms with van der Waals surface area (Å²) in [5.41, 5.74) is 5.44. The molecule has 0 spiro atoms. The van der Waals surface area contributed by atoms with Gasteiger partial charge >= 0.3 is 0 Å². The summed E-state index contributed by atoms with van der Waals surface area (Å²) in [6.45, 7) is 0. The molecule has 3 rings (SSSR count). The molecule has 6 nitrogen and oxygen atoms in total. The van der Waals surface area contributed by atoms with Crippen LogP contribution in [0.1, 0.15) is 9.67 Å². The van der Waals surface area contributed by atoms with Crippen molar-refractivity contribution in [2.24, 2.45) is 0 Å². The Kier molecular flexibility index (Phi) is 5.03. The van der Waals surface area contributed by atoms with Crippen molar-refractivity contribution in [3.05, 3.63) is 59.0 Å². The van der Waals surface area contributed by atoms with E-state index in [1.54, 1.807) is 0 Å². The zero-order valence-corrected chi connectivity index (χ0v) is 14.0. The Morgan fingerprint density at radius 1 is 1.08 bits per heavy atom. The summed E-state index contributed by atoms with van der Waals surface area (Å²) in [5, 5.41) is 0.353. The molecule has 3 aromatic rings. The van der Waals surface area contributed by atoms with Crippen LogP contribution in [-0.2, 0) is 0 Å². The SMILES string of the molecule is COc1ncc(NNC(=O)c2cnc(-c3ccc(F)c(F)c3)s2)cc1F. The summed E-state index contributed by atoms with van der Waals surface area (Å²) in [7, 11) is 1.29. The number of nitrogens with one attached hydrogen (secondary N) is 2. The number of hydrazine groups is 1. The fourth-order valence-electron chi connectivity index (χ4n) is 1.98. The van der Waals surface area contributed by atoms with Crippen molar-refractivity contribution in [1.29, 1.82) is 0 Å². The second-order valence-corrected chi connectivity index (χ2v) is 5.98. The number of carbonyl (C=O) groups excluding carboxylic acids is 1. The van der Waals surface area contributed by atoms with Crippen LogP contribution >= 0.6 is 11.3 Å². The Balaban J connectivity index is 1.68. The molecule has 0 aliphatic rings. The maximum absolute atomic E-state index is 13.5. The van der Waals surface area contributed by atoms with Crippen LogP contribution in [0, 0.1) is 17.5 Å². The van der Waals surface area contributed by atoms with E-state index < -0.39 is 23.4 Å². The smallest absolute Gasteiger partial charge is 0.281 e. The van der Waals surface area contributed by atoms with Gasteiger partial charge in [0.15, 0.2) is 17.5 Å². The Morgan fingerprint density at radius 2 is 1.88 bits per heavy atom. The van der Waals surface area contributed by atoms with E-state index >= 15 is 0 Å². The molecular formula is C16H11F3N4O2S. The summed E-state index contributed by atoms with van der Waals surface area (Å²) in [4.78, 5) is 20.1. The number of benzene rings is 1. The number of thiazole rings is 1. The molecule has 0 aliphatic heterocycles. The Labute approximate surface area is 149 Å². The molecule has 134 valence electrons. The number of ether oxygens (including phenoxy) is 1. The van der Waals surface area contributed by atoms with Crippen molar-refractivity contribution in [2.75, 3.05) is 12.5 Å². The van der Waals surface area contributed by atoms with E-state index in [0.717, 1.165) is 29.5 Å². The number of pyridine rings is 1. The molecule has 2 heterocycles. The Morgan fingerprint density at radius 3 is 2.58 bits per heavy atom. The van der Waals surface area contributed by atoms with Gasteiger partial charge < -0.3 is 4.74 Å². The van der Waals surface area contributed by atoms with Gasteiger partial charge in [-0.15, -0.1) is 11.3 Å². The minimum atomic E-state index is -1.00. The van der Waals surface area contributed by atoms with Gasteiger partial charge in [-0.3, -0.25) is 15.6 Å². The predicted octanol–water partition coefficient (Wildman–Crippen LogP) is 3.39. The van der Waals surface area contributed by atoms with E-state index in [1.165, 1.54) is 25.6 Å². The molecule has 1 aromatic carbocycles. The van der Waals surface area contributed by atoms with Crippen LogP contribution in [-0.4, -0.2) is 23.0 Å². The van der Waals surface area contributed by atoms with Crippen molar-refractivity contribution in [3.8, 4) is 16.5 Å². The quantitative estimate of drug-likeness (QED) is 0.664. The van der Waals surface area contributed by atoms with Crippen molar-refractivity contribution in [3.63, 3.8) is 0 Å². The van der Waals surface area contributed by atoms with Crippen LogP contribution in [0.4, 0.5) is 18.9 Å². The van der Waals surface area contributed by atoms with E-state index in [-0.39, 0.29) is 16.4 Å². The number of rotatable bonds is 5. The van der Waals surface area contributed by atoms with Crippen molar-refractivity contribution in [1.82, 2.24) is 15.4 Å². The largest absolute Gasteiger partial charge is 0.479 e. The number of carbonyl (C=O) groups is 1. The van der Waals surface area contributed by atoms with Gasteiger partial charge in [0.05, 0.1) is 25.2 Å². The second-order valence-electron chi connectivity index (χ2n) is 4.95. The van der Waals surface area contributed by atoms with Crippen molar-refractivity contribution < 1.29 is 22.7 Å². The highest BCUT2D eigenvalue weighted by Crippen LogP contribution is 2.26. The van der Waals surface area contributed by atoms with E-state index in [9.17, 15) is 18.0 Å². The number of amides is 1. The van der Waals surface area contributed by atoms with E-state index in [4.69, 9.17) is 4.74 Å². The van der Waals surface area contributed by atoms with Gasteiger partial charge in [0.1, 0.15) is 9.88 Å². The van der Waals surface area contributed by atoms with E-state index in [0.29, 0.717) is 10.6 Å². The lowest BCUT2D eigenvalue weighted by Gasteiger charge is -2.08. The summed E-state index contributed by atoms with van der Waals surface area (Å²) >= 11 is 0.991. The topological polar surface area (TPSA) is 76.1 Å². The van der Waals surface area contributed by atoms with E-state index in [2.05, 4.69) is 20.8 Å². The van der Waals surface area contributed by atoms with Gasteiger partial charge in [-0.25, -0.2) is 23.1 Å². The first-order valence-electron chi connectivity index (χ1n) is 7.15. The predicted molar refractivity (Wildman–Crippen MR) is 89.3 cm³/mol.